The molecule has 0 saturated carbocycles. The third kappa shape index (κ3) is 2.29. The molecule has 0 amide bonds. The first-order chi connectivity index (χ1) is 11.8. The third-order valence-corrected chi connectivity index (χ3v) is 4.34. The van der Waals surface area contributed by atoms with Gasteiger partial charge in [-0.3, -0.25) is 0 Å². The number of hydrogen-bond acceptors (Lipinski definition) is 5. The topological polar surface area (TPSA) is 56.0 Å². The Balaban J connectivity index is 1.76. The van der Waals surface area contributed by atoms with E-state index in [0.717, 1.165) is 34.4 Å². The Bertz CT molecular complexity index is 900. The number of fused-ring (bicyclic) bond motifs is 1. The Morgan fingerprint density at radius 2 is 1.96 bits per heavy atom. The molecule has 0 saturated heterocycles. The molecule has 0 radical (unpaired) electrons. The lowest BCUT2D eigenvalue weighted by Crippen LogP contribution is -2.10. The van der Waals surface area contributed by atoms with E-state index < -0.39 is 0 Å². The van der Waals surface area contributed by atoms with Crippen LogP contribution in [0.2, 0.25) is 0 Å². The van der Waals surface area contributed by atoms with Crippen LogP contribution in [0.3, 0.4) is 0 Å². The highest BCUT2D eigenvalue weighted by Crippen LogP contribution is 2.40. The van der Waals surface area contributed by atoms with E-state index in [1.54, 1.807) is 20.5 Å². The minimum absolute atomic E-state index is 0.149. The van der Waals surface area contributed by atoms with Gasteiger partial charge in [0.1, 0.15) is 17.1 Å². The summed E-state index contributed by atoms with van der Waals surface area (Å²) in [4.78, 5) is 0. The van der Waals surface area contributed by atoms with E-state index in [1.165, 1.54) is 5.56 Å². The molecule has 122 valence electrons. The van der Waals surface area contributed by atoms with Gasteiger partial charge in [-0.05, 0) is 11.6 Å². The van der Waals surface area contributed by atoms with Crippen LogP contribution in [0, 0.1) is 0 Å². The molecule has 3 aromatic rings. The normalized spacial score (nSPS) is 16.8. The molecule has 5 nitrogen and oxygen atoms in total. The van der Waals surface area contributed by atoms with Crippen LogP contribution in [0.1, 0.15) is 23.6 Å². The first kappa shape index (κ1) is 14.6. The summed E-state index contributed by atoms with van der Waals surface area (Å²) < 4.78 is 16.7. The first-order valence-electron chi connectivity index (χ1n) is 7.81. The average Bonchev–Trinajstić information content (AvgIpc) is 3.29. The average molecular weight is 322 g/mol. The molecule has 2 aromatic carbocycles. The van der Waals surface area contributed by atoms with Crippen LogP contribution in [-0.4, -0.2) is 19.9 Å². The summed E-state index contributed by atoms with van der Waals surface area (Å²) in [6, 6.07) is 14.2. The van der Waals surface area contributed by atoms with E-state index in [9.17, 15) is 0 Å². The number of methoxy groups -OCH3 is 2. The van der Waals surface area contributed by atoms with Crippen LogP contribution in [0.25, 0.3) is 11.0 Å². The molecule has 5 heteroatoms. The fraction of sp³-hybridized carbons (Fsp3) is 0.211. The van der Waals surface area contributed by atoms with Crippen molar-refractivity contribution in [3.63, 3.8) is 0 Å². The second-order valence-corrected chi connectivity index (χ2v) is 5.67. The van der Waals surface area contributed by atoms with Crippen LogP contribution >= 0.6 is 0 Å². The molecule has 0 spiro atoms. The minimum Gasteiger partial charge on any atom is -0.496 e. The van der Waals surface area contributed by atoms with Crippen molar-refractivity contribution < 1.29 is 13.9 Å². The number of hydrogen-bond donors (Lipinski definition) is 1. The van der Waals surface area contributed by atoms with Gasteiger partial charge in [0.25, 0.3) is 0 Å². The van der Waals surface area contributed by atoms with Crippen molar-refractivity contribution in [2.24, 2.45) is 5.10 Å². The highest BCUT2D eigenvalue weighted by molar-refractivity contribution is 6.10. The fourth-order valence-electron chi connectivity index (χ4n) is 3.18. The SMILES string of the molecule is COc1cc2occc2c(OC)c1C1=NN[C@@H](c2ccccc2)C1. The second-order valence-electron chi connectivity index (χ2n) is 5.67. The van der Waals surface area contributed by atoms with Crippen molar-refractivity contribution in [2.75, 3.05) is 14.2 Å². The molecule has 0 bridgehead atoms. The maximum atomic E-state index is 5.66. The van der Waals surface area contributed by atoms with Gasteiger partial charge in [-0.1, -0.05) is 30.3 Å². The summed E-state index contributed by atoms with van der Waals surface area (Å²) in [5.41, 5.74) is 6.95. The molecule has 0 aliphatic carbocycles. The Labute approximate surface area is 139 Å². The molecule has 24 heavy (non-hydrogen) atoms. The van der Waals surface area contributed by atoms with Gasteiger partial charge in [-0.2, -0.15) is 5.10 Å². The highest BCUT2D eigenvalue weighted by Gasteiger charge is 2.27. The number of rotatable bonds is 4. The van der Waals surface area contributed by atoms with Gasteiger partial charge >= 0.3 is 0 Å². The first-order valence-corrected chi connectivity index (χ1v) is 7.81. The molecule has 1 atom stereocenters. The molecule has 2 heterocycles. The quantitative estimate of drug-likeness (QED) is 0.792. The maximum Gasteiger partial charge on any atom is 0.142 e. The molecular formula is C19H18N2O3. The largest absolute Gasteiger partial charge is 0.496 e. The van der Waals surface area contributed by atoms with Crippen LogP contribution < -0.4 is 14.9 Å². The summed E-state index contributed by atoms with van der Waals surface area (Å²) >= 11 is 0. The predicted octanol–water partition coefficient (Wildman–Crippen LogP) is 3.89. The number of hydrazone groups is 1. The van der Waals surface area contributed by atoms with Crippen molar-refractivity contribution >= 4 is 16.7 Å². The minimum atomic E-state index is 0.149. The summed E-state index contributed by atoms with van der Waals surface area (Å²) in [5.74, 6) is 1.43. The van der Waals surface area contributed by atoms with E-state index in [2.05, 4.69) is 22.7 Å². The lowest BCUT2D eigenvalue weighted by atomic mass is 9.97. The van der Waals surface area contributed by atoms with Crippen molar-refractivity contribution in [3.05, 3.63) is 59.9 Å². The summed E-state index contributed by atoms with van der Waals surface area (Å²) in [7, 11) is 3.30. The van der Waals surface area contributed by atoms with Crippen LogP contribution in [0.15, 0.2) is 58.2 Å². The molecular weight excluding hydrogens is 304 g/mol. The van der Waals surface area contributed by atoms with Crippen molar-refractivity contribution in [1.82, 2.24) is 5.43 Å². The molecule has 1 aliphatic heterocycles. The van der Waals surface area contributed by atoms with Gasteiger partial charge in [0.05, 0.1) is 43.2 Å². The zero-order valence-electron chi connectivity index (χ0n) is 13.6. The van der Waals surface area contributed by atoms with Gasteiger partial charge < -0.3 is 19.3 Å². The van der Waals surface area contributed by atoms with Gasteiger partial charge in [0, 0.05) is 12.5 Å². The van der Waals surface area contributed by atoms with Crippen molar-refractivity contribution in [3.8, 4) is 11.5 Å². The lowest BCUT2D eigenvalue weighted by molar-refractivity contribution is 0.395. The summed E-state index contributed by atoms with van der Waals surface area (Å²) in [5, 5.41) is 5.46. The van der Waals surface area contributed by atoms with E-state index >= 15 is 0 Å². The zero-order chi connectivity index (χ0) is 16.5. The lowest BCUT2D eigenvalue weighted by Gasteiger charge is -2.14. The highest BCUT2D eigenvalue weighted by atomic mass is 16.5. The zero-order valence-corrected chi connectivity index (χ0v) is 13.6. The van der Waals surface area contributed by atoms with Gasteiger partial charge in [-0.15, -0.1) is 0 Å². The molecule has 1 aliphatic rings. The Morgan fingerprint density at radius 3 is 2.71 bits per heavy atom. The number of benzene rings is 2. The van der Waals surface area contributed by atoms with Gasteiger partial charge in [-0.25, -0.2) is 0 Å². The maximum absolute atomic E-state index is 5.66. The Hall–Kier alpha value is -2.95. The molecule has 0 fully saturated rings. The van der Waals surface area contributed by atoms with Gasteiger partial charge in [0.15, 0.2) is 0 Å². The second kappa shape index (κ2) is 5.92. The number of nitrogens with zero attached hydrogens (tertiary/aromatic N) is 1. The Kier molecular flexibility index (Phi) is 3.61. The molecule has 1 N–H and O–H groups in total. The number of ether oxygens (including phenoxy) is 2. The van der Waals surface area contributed by atoms with E-state index in [0.29, 0.717) is 5.75 Å². The predicted molar refractivity (Wildman–Crippen MR) is 92.8 cm³/mol. The summed E-state index contributed by atoms with van der Waals surface area (Å²) in [6.07, 6.45) is 2.41. The monoisotopic (exact) mass is 322 g/mol. The third-order valence-electron chi connectivity index (χ3n) is 4.34. The number of nitrogens with one attached hydrogen (secondary N) is 1. The van der Waals surface area contributed by atoms with E-state index in [-0.39, 0.29) is 6.04 Å². The van der Waals surface area contributed by atoms with E-state index in [4.69, 9.17) is 13.9 Å². The van der Waals surface area contributed by atoms with Crippen LogP contribution in [0.5, 0.6) is 11.5 Å². The molecule has 0 unspecified atom stereocenters. The smallest absolute Gasteiger partial charge is 0.142 e. The number of furan rings is 1. The van der Waals surface area contributed by atoms with Gasteiger partial charge in [0.2, 0.25) is 0 Å². The molecule has 1 aromatic heterocycles. The standard InChI is InChI=1S/C19H18N2O3/c1-22-17-11-16-13(8-9-24-16)19(23-2)18(17)15-10-14(20-21-15)12-6-4-3-5-7-12/h3-9,11,14,20H,10H2,1-2H3/t14-/m1/s1. The van der Waals surface area contributed by atoms with Crippen LogP contribution in [-0.2, 0) is 0 Å². The van der Waals surface area contributed by atoms with Crippen LogP contribution in [0.4, 0.5) is 0 Å². The van der Waals surface area contributed by atoms with Crippen molar-refractivity contribution in [1.29, 1.82) is 0 Å². The summed E-state index contributed by atoms with van der Waals surface area (Å²) in [6.45, 7) is 0. The van der Waals surface area contributed by atoms with Crippen molar-refractivity contribution in [2.45, 2.75) is 12.5 Å². The Morgan fingerprint density at radius 1 is 1.12 bits per heavy atom. The molecule has 4 rings (SSSR count). The fourth-order valence-corrected chi connectivity index (χ4v) is 3.18. The van der Waals surface area contributed by atoms with E-state index in [1.807, 2.05) is 30.3 Å².